The molecular formula is C27H29FN2O5. The average molecular weight is 481 g/mol. The number of rotatable bonds is 9. The van der Waals surface area contributed by atoms with E-state index in [0.29, 0.717) is 33.7 Å². The Morgan fingerprint density at radius 1 is 1.09 bits per heavy atom. The summed E-state index contributed by atoms with van der Waals surface area (Å²) in [5.74, 6) is -1.15. The Kier molecular flexibility index (Phi) is 8.06. The molecule has 1 aromatic heterocycles. The summed E-state index contributed by atoms with van der Waals surface area (Å²) in [4.78, 5) is 44.0. The van der Waals surface area contributed by atoms with Gasteiger partial charge in [0.05, 0.1) is 19.8 Å². The molecule has 3 aromatic rings. The van der Waals surface area contributed by atoms with Gasteiger partial charge in [-0.2, -0.15) is 0 Å². The standard InChI is InChI=1S/C27H29FN2O5/c1-6-35-27(33)24-16(2)23(17(3)29-24)25(31)18(4)30(15-19-10-12-21(28)13-11-19)26(32)20-8-7-9-22(14-20)34-5/h7-14,18,29H,6,15H2,1-5H3. The second-order valence-electron chi connectivity index (χ2n) is 8.18. The predicted octanol–water partition coefficient (Wildman–Crippen LogP) is 4.87. The fourth-order valence-corrected chi connectivity index (χ4v) is 3.97. The second kappa shape index (κ2) is 11.0. The van der Waals surface area contributed by atoms with Crippen molar-refractivity contribution >= 4 is 17.7 Å². The van der Waals surface area contributed by atoms with Crippen LogP contribution in [0.5, 0.6) is 5.75 Å². The molecule has 0 aliphatic heterocycles. The molecule has 8 heteroatoms. The molecule has 2 aromatic carbocycles. The highest BCUT2D eigenvalue weighted by atomic mass is 19.1. The highest BCUT2D eigenvalue weighted by molar-refractivity contribution is 6.07. The van der Waals surface area contributed by atoms with Crippen LogP contribution in [0.15, 0.2) is 48.5 Å². The molecule has 7 nitrogen and oxygen atoms in total. The first-order chi connectivity index (χ1) is 16.7. The van der Waals surface area contributed by atoms with E-state index >= 15 is 0 Å². The zero-order valence-corrected chi connectivity index (χ0v) is 20.5. The minimum absolute atomic E-state index is 0.0798. The lowest BCUT2D eigenvalue weighted by atomic mass is 9.98. The number of aromatic amines is 1. The number of halogens is 1. The number of amides is 1. The van der Waals surface area contributed by atoms with Crippen LogP contribution in [0.2, 0.25) is 0 Å². The monoisotopic (exact) mass is 480 g/mol. The first-order valence-corrected chi connectivity index (χ1v) is 11.3. The number of Topliss-reactive ketones (excluding diaryl/α,β-unsaturated/α-hetero) is 1. The molecule has 1 heterocycles. The van der Waals surface area contributed by atoms with Crippen molar-refractivity contribution in [2.24, 2.45) is 0 Å². The molecule has 1 atom stereocenters. The molecule has 0 aliphatic carbocycles. The van der Waals surface area contributed by atoms with E-state index in [1.807, 2.05) is 0 Å². The van der Waals surface area contributed by atoms with Gasteiger partial charge in [-0.05, 0) is 69.2 Å². The van der Waals surface area contributed by atoms with Crippen molar-refractivity contribution in [3.05, 3.63) is 88.0 Å². The highest BCUT2D eigenvalue weighted by Crippen LogP contribution is 2.24. The number of hydrogen-bond donors (Lipinski definition) is 1. The normalized spacial score (nSPS) is 11.6. The van der Waals surface area contributed by atoms with Gasteiger partial charge in [0.25, 0.3) is 5.91 Å². The molecule has 0 radical (unpaired) electrons. The maximum atomic E-state index is 13.7. The summed E-state index contributed by atoms with van der Waals surface area (Å²) in [5, 5.41) is 0. The Balaban J connectivity index is 2.00. The van der Waals surface area contributed by atoms with Gasteiger partial charge in [0.15, 0.2) is 5.78 Å². The summed E-state index contributed by atoms with van der Waals surface area (Å²) in [6.45, 7) is 7.00. The minimum atomic E-state index is -0.887. The number of esters is 1. The first-order valence-electron chi connectivity index (χ1n) is 11.3. The van der Waals surface area contributed by atoms with Gasteiger partial charge < -0.3 is 19.4 Å². The van der Waals surface area contributed by atoms with Crippen molar-refractivity contribution in [3.8, 4) is 5.75 Å². The van der Waals surface area contributed by atoms with Crippen LogP contribution in [0.3, 0.4) is 0 Å². The molecule has 1 amide bonds. The summed E-state index contributed by atoms with van der Waals surface area (Å²) >= 11 is 0. The lowest BCUT2D eigenvalue weighted by Gasteiger charge is -2.29. The molecule has 1 N–H and O–H groups in total. The van der Waals surface area contributed by atoms with Crippen LogP contribution in [0.1, 0.15) is 61.9 Å². The minimum Gasteiger partial charge on any atom is -0.497 e. The molecule has 0 aliphatic rings. The third-order valence-corrected chi connectivity index (χ3v) is 5.85. The molecule has 0 fully saturated rings. The lowest BCUT2D eigenvalue weighted by Crippen LogP contribution is -2.43. The van der Waals surface area contributed by atoms with Crippen LogP contribution in [-0.2, 0) is 11.3 Å². The number of aromatic nitrogens is 1. The van der Waals surface area contributed by atoms with Gasteiger partial charge in [-0.25, -0.2) is 9.18 Å². The average Bonchev–Trinajstić information content (AvgIpc) is 3.16. The maximum absolute atomic E-state index is 13.7. The molecule has 0 saturated heterocycles. The summed E-state index contributed by atoms with van der Waals surface area (Å²) in [5.41, 5.74) is 2.54. The third-order valence-electron chi connectivity index (χ3n) is 5.85. The van der Waals surface area contributed by atoms with Crippen LogP contribution in [0, 0.1) is 19.7 Å². The zero-order chi connectivity index (χ0) is 25.7. The Labute approximate surface area is 203 Å². The van der Waals surface area contributed by atoms with Crippen molar-refractivity contribution in [1.82, 2.24) is 9.88 Å². The third kappa shape index (κ3) is 5.59. The lowest BCUT2D eigenvalue weighted by molar-refractivity contribution is 0.0518. The highest BCUT2D eigenvalue weighted by Gasteiger charge is 2.32. The van der Waals surface area contributed by atoms with E-state index in [4.69, 9.17) is 9.47 Å². The van der Waals surface area contributed by atoms with E-state index in [0.717, 1.165) is 0 Å². The number of benzene rings is 2. The summed E-state index contributed by atoms with van der Waals surface area (Å²) in [6, 6.07) is 11.5. The summed E-state index contributed by atoms with van der Waals surface area (Å²) in [6.07, 6.45) is 0. The molecule has 35 heavy (non-hydrogen) atoms. The number of nitrogens with zero attached hydrogens (tertiary/aromatic N) is 1. The van der Waals surface area contributed by atoms with E-state index < -0.39 is 17.8 Å². The summed E-state index contributed by atoms with van der Waals surface area (Å²) in [7, 11) is 1.50. The predicted molar refractivity (Wildman–Crippen MR) is 129 cm³/mol. The number of ether oxygens (including phenoxy) is 2. The maximum Gasteiger partial charge on any atom is 0.355 e. The van der Waals surface area contributed by atoms with E-state index in [1.165, 1.54) is 24.1 Å². The largest absolute Gasteiger partial charge is 0.497 e. The smallest absolute Gasteiger partial charge is 0.355 e. The zero-order valence-electron chi connectivity index (χ0n) is 20.5. The molecule has 184 valence electrons. The number of carbonyl (C=O) groups excluding carboxylic acids is 3. The van der Waals surface area contributed by atoms with Gasteiger partial charge in [0, 0.05) is 23.4 Å². The van der Waals surface area contributed by atoms with Crippen molar-refractivity contribution < 1.29 is 28.2 Å². The van der Waals surface area contributed by atoms with Crippen molar-refractivity contribution in [1.29, 1.82) is 0 Å². The van der Waals surface area contributed by atoms with Gasteiger partial charge >= 0.3 is 5.97 Å². The summed E-state index contributed by atoms with van der Waals surface area (Å²) < 4.78 is 23.8. The fourth-order valence-electron chi connectivity index (χ4n) is 3.97. The van der Waals surface area contributed by atoms with Crippen LogP contribution >= 0.6 is 0 Å². The van der Waals surface area contributed by atoms with Gasteiger partial charge in [-0.3, -0.25) is 9.59 Å². The molecule has 0 saturated carbocycles. The number of methoxy groups -OCH3 is 1. The molecule has 0 bridgehead atoms. The van der Waals surface area contributed by atoms with Crippen LogP contribution in [-0.4, -0.2) is 47.3 Å². The number of hydrogen-bond acceptors (Lipinski definition) is 5. The Bertz CT molecular complexity index is 1230. The topological polar surface area (TPSA) is 88.7 Å². The van der Waals surface area contributed by atoms with Crippen molar-refractivity contribution in [2.45, 2.75) is 40.3 Å². The van der Waals surface area contributed by atoms with E-state index in [1.54, 1.807) is 64.1 Å². The van der Waals surface area contributed by atoms with E-state index in [2.05, 4.69) is 4.98 Å². The Morgan fingerprint density at radius 3 is 2.40 bits per heavy atom. The molecular weight excluding hydrogens is 451 g/mol. The molecule has 1 unspecified atom stereocenters. The van der Waals surface area contributed by atoms with Crippen LogP contribution in [0.25, 0.3) is 0 Å². The number of aryl methyl sites for hydroxylation is 1. The fraction of sp³-hybridized carbons (Fsp3) is 0.296. The van der Waals surface area contributed by atoms with Gasteiger partial charge in [0.1, 0.15) is 17.3 Å². The van der Waals surface area contributed by atoms with Gasteiger partial charge in [-0.15, -0.1) is 0 Å². The first kappa shape index (κ1) is 25.7. The Hall–Kier alpha value is -3.94. The van der Waals surface area contributed by atoms with Crippen LogP contribution < -0.4 is 4.74 Å². The second-order valence-corrected chi connectivity index (χ2v) is 8.18. The molecule has 0 spiro atoms. The number of carbonyl (C=O) groups is 3. The Morgan fingerprint density at radius 2 is 1.77 bits per heavy atom. The van der Waals surface area contributed by atoms with E-state index in [-0.39, 0.29) is 30.5 Å². The van der Waals surface area contributed by atoms with Gasteiger partial charge in [-0.1, -0.05) is 18.2 Å². The van der Waals surface area contributed by atoms with Crippen molar-refractivity contribution in [3.63, 3.8) is 0 Å². The molecule has 3 rings (SSSR count). The van der Waals surface area contributed by atoms with E-state index in [9.17, 15) is 18.8 Å². The number of nitrogens with one attached hydrogen (secondary N) is 1. The quantitative estimate of drug-likeness (QED) is 0.349. The van der Waals surface area contributed by atoms with Gasteiger partial charge in [0.2, 0.25) is 0 Å². The van der Waals surface area contributed by atoms with Crippen molar-refractivity contribution in [2.75, 3.05) is 13.7 Å². The SMILES string of the molecule is CCOC(=O)c1[nH]c(C)c(C(=O)C(C)N(Cc2ccc(F)cc2)C(=O)c2cccc(OC)c2)c1C. The number of ketones is 1. The number of H-pyrrole nitrogens is 1. The van der Waals surface area contributed by atoms with Crippen LogP contribution in [0.4, 0.5) is 4.39 Å².